The van der Waals surface area contributed by atoms with Crippen molar-refractivity contribution in [1.29, 1.82) is 0 Å². The number of terminal acetylenes is 1. The zero-order chi connectivity index (χ0) is 33.3. The van der Waals surface area contributed by atoms with Gasteiger partial charge in [-0.25, -0.2) is 4.79 Å². The number of fused-ring (bicyclic) bond motifs is 5. The standard InChI is InChI=1S/C37H49N3O6/c1-6-37(45)19-16-29-27-13-12-25-21-26(14-17-35(25,4)28(27)15-18-36(29,37)5)40-46-22-31(41)39-32(23(2)3)33(42)38-30(34(43)44)20-24-10-8-7-9-11-24/h1,7-11,21,23,27-30,32,45H,12-20,22H2,2-5H3,(H,38,42)(H,39,41)(H,43,44)/b40-26-/t27-,28+,29+,30+,32-,35+,36+,37-/m1/s1. The Morgan fingerprint density at radius 3 is 2.43 bits per heavy atom. The van der Waals surface area contributed by atoms with Gasteiger partial charge in [0.2, 0.25) is 5.91 Å². The number of carboxylic acid groups (broad SMARTS) is 1. The first kappa shape index (κ1) is 33.7. The second kappa shape index (κ2) is 13.2. The molecule has 0 radical (unpaired) electrons. The molecule has 8 atom stereocenters. The van der Waals surface area contributed by atoms with Crippen molar-refractivity contribution < 1.29 is 29.4 Å². The molecule has 0 spiro atoms. The SMILES string of the molecule is C#C[C@@]1(O)CC[C@H]2[C@@H]3CCC4=C/C(=N\OCC(=O)N[C@@H](C(=O)N[C@@H](Cc5ccccc5)C(=O)O)C(C)C)CC[C@]4(C)[C@H]3CC[C@@]21C. The minimum absolute atomic E-state index is 0.0731. The van der Waals surface area contributed by atoms with E-state index in [0.29, 0.717) is 24.2 Å². The Bertz CT molecular complexity index is 1430. The van der Waals surface area contributed by atoms with E-state index in [1.807, 2.05) is 18.2 Å². The van der Waals surface area contributed by atoms with Gasteiger partial charge in [-0.15, -0.1) is 6.42 Å². The number of amides is 2. The largest absolute Gasteiger partial charge is 0.480 e. The third kappa shape index (κ3) is 6.33. The van der Waals surface area contributed by atoms with Gasteiger partial charge in [-0.05, 0) is 92.1 Å². The Morgan fingerprint density at radius 2 is 1.76 bits per heavy atom. The molecule has 5 rings (SSSR count). The number of nitrogens with zero attached hydrogens (tertiary/aromatic N) is 1. The van der Waals surface area contributed by atoms with Crippen LogP contribution in [0.4, 0.5) is 0 Å². The summed E-state index contributed by atoms with van der Waals surface area (Å²) in [6.07, 6.45) is 15.6. The molecule has 3 saturated carbocycles. The zero-order valence-corrected chi connectivity index (χ0v) is 27.6. The summed E-state index contributed by atoms with van der Waals surface area (Å²) in [6, 6.07) is 7.02. The topological polar surface area (TPSA) is 137 Å². The number of hydrogen-bond acceptors (Lipinski definition) is 6. The lowest BCUT2D eigenvalue weighted by atomic mass is 9.46. The van der Waals surface area contributed by atoms with Crippen molar-refractivity contribution in [2.75, 3.05) is 6.61 Å². The molecule has 1 aromatic carbocycles. The number of benzene rings is 1. The van der Waals surface area contributed by atoms with Gasteiger partial charge in [-0.2, -0.15) is 0 Å². The van der Waals surface area contributed by atoms with Gasteiger partial charge in [0, 0.05) is 11.8 Å². The van der Waals surface area contributed by atoms with Crippen LogP contribution in [0.25, 0.3) is 0 Å². The summed E-state index contributed by atoms with van der Waals surface area (Å²) in [5.41, 5.74) is 1.84. The van der Waals surface area contributed by atoms with Crippen LogP contribution in [0.1, 0.15) is 84.6 Å². The number of carboxylic acids is 1. The molecule has 248 valence electrons. The van der Waals surface area contributed by atoms with E-state index >= 15 is 0 Å². The van der Waals surface area contributed by atoms with E-state index in [4.69, 9.17) is 11.3 Å². The van der Waals surface area contributed by atoms with Crippen LogP contribution in [0.15, 0.2) is 47.1 Å². The predicted molar refractivity (Wildman–Crippen MR) is 175 cm³/mol. The first-order chi connectivity index (χ1) is 21.8. The maximum atomic E-state index is 13.1. The van der Waals surface area contributed by atoms with Gasteiger partial charge in [-0.3, -0.25) is 9.59 Å². The molecule has 4 aliphatic carbocycles. The summed E-state index contributed by atoms with van der Waals surface area (Å²) in [7, 11) is 0. The Balaban J connectivity index is 1.16. The van der Waals surface area contributed by atoms with Crippen LogP contribution < -0.4 is 10.6 Å². The smallest absolute Gasteiger partial charge is 0.326 e. The molecule has 0 aliphatic heterocycles. The number of nitrogens with one attached hydrogen (secondary N) is 2. The van der Waals surface area contributed by atoms with E-state index in [-0.39, 0.29) is 29.8 Å². The maximum absolute atomic E-state index is 13.1. The predicted octanol–water partition coefficient (Wildman–Crippen LogP) is 4.64. The number of carbonyl (C=O) groups excluding carboxylic acids is 2. The Kier molecular flexibility index (Phi) is 9.70. The summed E-state index contributed by atoms with van der Waals surface area (Å²) in [6.45, 7) is 7.82. The molecule has 0 heterocycles. The van der Waals surface area contributed by atoms with Gasteiger partial charge in [0.15, 0.2) is 6.61 Å². The third-order valence-corrected chi connectivity index (χ3v) is 11.9. The fraction of sp³-hybridized carbons (Fsp3) is 0.622. The van der Waals surface area contributed by atoms with Gasteiger partial charge < -0.3 is 25.7 Å². The van der Waals surface area contributed by atoms with Crippen LogP contribution in [-0.4, -0.2) is 58.0 Å². The highest BCUT2D eigenvalue weighted by atomic mass is 16.6. The molecule has 0 unspecified atom stereocenters. The van der Waals surface area contributed by atoms with Crippen molar-refractivity contribution in [3.05, 3.63) is 47.5 Å². The molecule has 4 N–H and O–H groups in total. The van der Waals surface area contributed by atoms with Crippen LogP contribution in [0.2, 0.25) is 0 Å². The highest BCUT2D eigenvalue weighted by Gasteiger charge is 2.63. The third-order valence-electron chi connectivity index (χ3n) is 11.9. The summed E-state index contributed by atoms with van der Waals surface area (Å²) in [4.78, 5) is 43.2. The summed E-state index contributed by atoms with van der Waals surface area (Å²) in [5.74, 6) is 1.81. The van der Waals surface area contributed by atoms with E-state index in [9.17, 15) is 24.6 Å². The van der Waals surface area contributed by atoms with Crippen molar-refractivity contribution in [1.82, 2.24) is 10.6 Å². The van der Waals surface area contributed by atoms with Crippen LogP contribution >= 0.6 is 0 Å². The van der Waals surface area contributed by atoms with Crippen molar-refractivity contribution in [3.63, 3.8) is 0 Å². The lowest BCUT2D eigenvalue weighted by molar-refractivity contribution is -0.142. The minimum atomic E-state index is -1.15. The minimum Gasteiger partial charge on any atom is -0.480 e. The van der Waals surface area contributed by atoms with Crippen molar-refractivity contribution >= 4 is 23.5 Å². The summed E-state index contributed by atoms with van der Waals surface area (Å²) in [5, 5.41) is 30.5. The molecule has 3 fully saturated rings. The highest BCUT2D eigenvalue weighted by molar-refractivity contribution is 5.96. The molecule has 46 heavy (non-hydrogen) atoms. The molecule has 0 bridgehead atoms. The van der Waals surface area contributed by atoms with E-state index in [0.717, 1.165) is 56.2 Å². The van der Waals surface area contributed by atoms with E-state index in [1.165, 1.54) is 5.57 Å². The quantitative estimate of drug-likeness (QED) is 0.219. The van der Waals surface area contributed by atoms with Crippen LogP contribution in [0, 0.1) is 46.8 Å². The zero-order valence-electron chi connectivity index (χ0n) is 27.6. The molecule has 0 aromatic heterocycles. The monoisotopic (exact) mass is 631 g/mol. The van der Waals surface area contributed by atoms with E-state index in [1.54, 1.807) is 26.0 Å². The first-order valence-electron chi connectivity index (χ1n) is 16.8. The fourth-order valence-electron chi connectivity index (χ4n) is 9.13. The lowest BCUT2D eigenvalue weighted by Gasteiger charge is -2.58. The van der Waals surface area contributed by atoms with E-state index < -0.39 is 35.5 Å². The number of aliphatic hydroxyl groups is 1. The van der Waals surface area contributed by atoms with E-state index in [2.05, 4.69) is 41.6 Å². The fourth-order valence-corrected chi connectivity index (χ4v) is 9.13. The average Bonchev–Trinajstić information content (AvgIpc) is 3.30. The second-order valence-electron chi connectivity index (χ2n) is 14.7. The molecule has 2 amide bonds. The van der Waals surface area contributed by atoms with Gasteiger partial charge in [0.1, 0.15) is 17.7 Å². The second-order valence-corrected chi connectivity index (χ2v) is 14.7. The number of aliphatic carboxylic acids is 1. The van der Waals surface area contributed by atoms with Crippen LogP contribution in [0.5, 0.6) is 0 Å². The number of oxime groups is 1. The van der Waals surface area contributed by atoms with Gasteiger partial charge in [0.25, 0.3) is 5.91 Å². The van der Waals surface area contributed by atoms with Gasteiger partial charge in [0.05, 0.1) is 5.71 Å². The molecular weight excluding hydrogens is 582 g/mol. The molecule has 1 aromatic rings. The number of allylic oxidation sites excluding steroid dienone is 2. The highest BCUT2D eigenvalue weighted by Crippen LogP contribution is 2.67. The Hall–Kier alpha value is -3.64. The normalized spacial score (nSPS) is 33.8. The van der Waals surface area contributed by atoms with Crippen molar-refractivity contribution in [2.24, 2.45) is 39.7 Å². The maximum Gasteiger partial charge on any atom is 0.326 e. The average molecular weight is 632 g/mol. The van der Waals surface area contributed by atoms with Crippen molar-refractivity contribution in [2.45, 2.75) is 103 Å². The summed E-state index contributed by atoms with van der Waals surface area (Å²) >= 11 is 0. The molecular formula is C37H49N3O6. The van der Waals surface area contributed by atoms with Gasteiger partial charge in [-0.1, -0.05) is 74.7 Å². The lowest BCUT2D eigenvalue weighted by Crippen LogP contribution is -2.54. The summed E-state index contributed by atoms with van der Waals surface area (Å²) < 4.78 is 0. The first-order valence-corrected chi connectivity index (χ1v) is 16.8. The number of rotatable bonds is 10. The molecule has 9 heteroatoms. The van der Waals surface area contributed by atoms with Crippen molar-refractivity contribution in [3.8, 4) is 12.3 Å². The Labute approximate surface area is 272 Å². The Morgan fingerprint density at radius 1 is 1.04 bits per heavy atom. The van der Waals surface area contributed by atoms with Crippen LogP contribution in [0.3, 0.4) is 0 Å². The molecule has 0 saturated heterocycles. The molecule has 4 aliphatic rings. The number of hydrogen-bond donors (Lipinski definition) is 4. The van der Waals surface area contributed by atoms with Gasteiger partial charge >= 0.3 is 5.97 Å². The van der Waals surface area contributed by atoms with Crippen LogP contribution in [-0.2, 0) is 25.6 Å². The number of carbonyl (C=O) groups is 3. The molecule has 9 nitrogen and oxygen atoms in total.